The fourth-order valence-corrected chi connectivity index (χ4v) is 10.8. The van der Waals surface area contributed by atoms with E-state index >= 15 is 0 Å². The van der Waals surface area contributed by atoms with Gasteiger partial charge in [-0.05, 0) is 27.9 Å². The maximum Gasteiger partial charge on any atom is 0.354 e. The van der Waals surface area contributed by atoms with E-state index in [4.69, 9.17) is 4.74 Å². The van der Waals surface area contributed by atoms with Crippen LogP contribution >= 0.6 is 0 Å². The molecule has 108 valence electrons. The number of hydrogen-bond donors (Lipinski definition) is 1. The topological polar surface area (TPSA) is 42.1 Å². The second-order valence-electron chi connectivity index (χ2n) is 6.16. The van der Waals surface area contributed by atoms with E-state index in [0.29, 0.717) is 22.3 Å². The zero-order chi connectivity index (χ0) is 14.8. The summed E-state index contributed by atoms with van der Waals surface area (Å²) in [5.74, 6) is -0.251. The minimum absolute atomic E-state index is 0.251. The fourth-order valence-electron chi connectivity index (χ4n) is 3.93. The van der Waals surface area contributed by atoms with Crippen molar-refractivity contribution >= 4 is 19.2 Å². The highest BCUT2D eigenvalue weighted by Gasteiger charge is 2.46. The van der Waals surface area contributed by atoms with Gasteiger partial charge in [0.1, 0.15) is 5.69 Å². The molecule has 19 heavy (non-hydrogen) atoms. The van der Waals surface area contributed by atoms with E-state index in [1.807, 2.05) is 6.20 Å². The summed E-state index contributed by atoms with van der Waals surface area (Å²) in [5.41, 5.74) is 2.38. The molecule has 0 aromatic carbocycles. The number of esters is 1. The van der Waals surface area contributed by atoms with Gasteiger partial charge >= 0.3 is 5.97 Å². The van der Waals surface area contributed by atoms with Crippen LogP contribution in [0, 0.1) is 0 Å². The molecule has 0 aliphatic heterocycles. The Morgan fingerprint density at radius 2 is 1.58 bits per heavy atom. The molecule has 1 aromatic heterocycles. The number of carbonyl (C=O) groups excluding carboxylic acids is 1. The molecular formula is C15H27NO2Si. The van der Waals surface area contributed by atoms with Gasteiger partial charge in [0.15, 0.2) is 0 Å². The van der Waals surface area contributed by atoms with Crippen LogP contribution in [0.3, 0.4) is 0 Å². The van der Waals surface area contributed by atoms with Crippen LogP contribution < -0.4 is 5.19 Å². The number of hydrogen-bond acceptors (Lipinski definition) is 2. The highest BCUT2D eigenvalue weighted by atomic mass is 28.3. The predicted octanol–water partition coefficient (Wildman–Crippen LogP) is 3.69. The number of aromatic amines is 1. The zero-order valence-corrected chi connectivity index (χ0v) is 14.2. The van der Waals surface area contributed by atoms with Crippen LogP contribution in [0.15, 0.2) is 12.3 Å². The summed E-state index contributed by atoms with van der Waals surface area (Å²) in [6, 6.07) is 2.10. The molecule has 0 radical (unpaired) electrons. The molecule has 0 spiro atoms. The third-order valence-corrected chi connectivity index (χ3v) is 11.6. The third kappa shape index (κ3) is 2.50. The van der Waals surface area contributed by atoms with Gasteiger partial charge in [-0.2, -0.15) is 0 Å². The van der Waals surface area contributed by atoms with Gasteiger partial charge in [-0.15, -0.1) is 0 Å². The Kier molecular flexibility index (Phi) is 5.02. The molecule has 0 bridgehead atoms. The maximum atomic E-state index is 12.0. The lowest BCUT2D eigenvalue weighted by Gasteiger charge is -2.43. The van der Waals surface area contributed by atoms with Gasteiger partial charge in [-0.25, -0.2) is 4.79 Å². The Bertz CT molecular complexity index is 413. The van der Waals surface area contributed by atoms with Crippen LogP contribution in [-0.2, 0) is 4.74 Å². The number of ether oxygens (including phenoxy) is 1. The molecule has 4 heteroatoms. The van der Waals surface area contributed by atoms with E-state index in [-0.39, 0.29) is 5.97 Å². The van der Waals surface area contributed by atoms with Gasteiger partial charge in [0.05, 0.1) is 15.2 Å². The molecule has 0 unspecified atom stereocenters. The summed E-state index contributed by atoms with van der Waals surface area (Å²) >= 11 is 0. The van der Waals surface area contributed by atoms with E-state index in [0.717, 1.165) is 0 Å². The molecule has 1 heterocycles. The van der Waals surface area contributed by atoms with Crippen molar-refractivity contribution in [2.45, 2.75) is 58.2 Å². The molecule has 0 atom stereocenters. The Morgan fingerprint density at radius 1 is 1.11 bits per heavy atom. The van der Waals surface area contributed by atoms with Crippen molar-refractivity contribution in [2.24, 2.45) is 0 Å². The number of methoxy groups -OCH3 is 1. The van der Waals surface area contributed by atoms with Crippen molar-refractivity contribution in [3.8, 4) is 0 Å². The zero-order valence-electron chi connectivity index (χ0n) is 13.2. The standard InChI is InChI=1S/C15H27NO2Si/c1-10(2)19(11(3)4,12(5)6)13-8-9-16-14(13)15(17)18-7/h8-12,16H,1-7H3. The quantitative estimate of drug-likeness (QED) is 0.660. The second-order valence-corrected chi connectivity index (χ2v) is 12.0. The molecule has 0 aliphatic rings. The average molecular weight is 281 g/mol. The Balaban J connectivity index is 3.50. The molecule has 0 amide bonds. The molecule has 0 fully saturated rings. The summed E-state index contributed by atoms with van der Waals surface area (Å²) in [5, 5.41) is 1.22. The molecule has 0 saturated carbocycles. The smallest absolute Gasteiger partial charge is 0.354 e. The highest BCUT2D eigenvalue weighted by Crippen LogP contribution is 2.41. The van der Waals surface area contributed by atoms with Crippen molar-refractivity contribution < 1.29 is 9.53 Å². The number of rotatable bonds is 5. The summed E-state index contributed by atoms with van der Waals surface area (Å²) in [6.07, 6.45) is 1.87. The van der Waals surface area contributed by atoms with Crippen LogP contribution in [-0.4, -0.2) is 26.1 Å². The third-order valence-electron chi connectivity index (χ3n) is 4.47. The first-order valence-electron chi connectivity index (χ1n) is 7.06. The van der Waals surface area contributed by atoms with E-state index in [1.165, 1.54) is 12.3 Å². The number of nitrogens with one attached hydrogen (secondary N) is 1. The van der Waals surface area contributed by atoms with Crippen LogP contribution in [0.4, 0.5) is 0 Å². The highest BCUT2D eigenvalue weighted by molar-refractivity contribution is 6.95. The minimum atomic E-state index is -1.81. The first-order chi connectivity index (χ1) is 8.79. The van der Waals surface area contributed by atoms with E-state index in [2.05, 4.69) is 52.6 Å². The van der Waals surface area contributed by atoms with Crippen molar-refractivity contribution in [3.63, 3.8) is 0 Å². The van der Waals surface area contributed by atoms with Crippen molar-refractivity contribution in [1.82, 2.24) is 4.98 Å². The van der Waals surface area contributed by atoms with E-state index < -0.39 is 8.07 Å². The van der Waals surface area contributed by atoms with Gasteiger partial charge in [0.25, 0.3) is 0 Å². The minimum Gasteiger partial charge on any atom is -0.464 e. The van der Waals surface area contributed by atoms with E-state index in [9.17, 15) is 4.79 Å². The number of carbonyl (C=O) groups is 1. The summed E-state index contributed by atoms with van der Waals surface area (Å²) in [4.78, 5) is 15.1. The van der Waals surface area contributed by atoms with Crippen LogP contribution in [0.1, 0.15) is 52.0 Å². The normalized spacial score (nSPS) is 12.5. The van der Waals surface area contributed by atoms with Crippen molar-refractivity contribution in [1.29, 1.82) is 0 Å². The monoisotopic (exact) mass is 281 g/mol. The Labute approximate surface area is 117 Å². The van der Waals surface area contributed by atoms with Crippen LogP contribution in [0.5, 0.6) is 0 Å². The van der Waals surface area contributed by atoms with Gasteiger partial charge in [0.2, 0.25) is 0 Å². The molecule has 1 aromatic rings. The summed E-state index contributed by atoms with van der Waals surface area (Å²) < 4.78 is 4.92. The molecule has 1 rings (SSSR count). The second kappa shape index (κ2) is 5.95. The first kappa shape index (κ1) is 16.0. The summed E-state index contributed by atoms with van der Waals surface area (Å²) in [6.45, 7) is 13.8. The number of H-pyrrole nitrogens is 1. The maximum absolute atomic E-state index is 12.0. The van der Waals surface area contributed by atoms with Gasteiger partial charge in [-0.3, -0.25) is 0 Å². The van der Waals surface area contributed by atoms with Gasteiger partial charge < -0.3 is 9.72 Å². The van der Waals surface area contributed by atoms with Gasteiger partial charge in [-0.1, -0.05) is 41.5 Å². The predicted molar refractivity (Wildman–Crippen MR) is 82.8 cm³/mol. The summed E-state index contributed by atoms with van der Waals surface area (Å²) in [7, 11) is -0.366. The number of aromatic nitrogens is 1. The van der Waals surface area contributed by atoms with Crippen LogP contribution in [0.2, 0.25) is 16.6 Å². The molecule has 0 aliphatic carbocycles. The molecule has 0 saturated heterocycles. The van der Waals surface area contributed by atoms with Crippen LogP contribution in [0.25, 0.3) is 0 Å². The lowest BCUT2D eigenvalue weighted by atomic mass is 10.4. The molecular weight excluding hydrogens is 254 g/mol. The lowest BCUT2D eigenvalue weighted by molar-refractivity contribution is 0.0596. The van der Waals surface area contributed by atoms with E-state index in [1.54, 1.807) is 0 Å². The SMILES string of the molecule is COC(=O)c1[nH]ccc1[Si](C(C)C)(C(C)C)C(C)C. The van der Waals surface area contributed by atoms with Crippen molar-refractivity contribution in [3.05, 3.63) is 18.0 Å². The Morgan fingerprint density at radius 3 is 1.95 bits per heavy atom. The molecule has 3 nitrogen and oxygen atoms in total. The first-order valence-corrected chi connectivity index (χ1v) is 9.29. The van der Waals surface area contributed by atoms with Crippen molar-refractivity contribution in [2.75, 3.05) is 7.11 Å². The van der Waals surface area contributed by atoms with Gasteiger partial charge in [0, 0.05) is 6.20 Å². The average Bonchev–Trinajstić information content (AvgIpc) is 2.76. The lowest BCUT2D eigenvalue weighted by Crippen LogP contribution is -2.56. The molecule has 1 N–H and O–H groups in total. The largest absolute Gasteiger partial charge is 0.464 e. The Hall–Kier alpha value is -1.03. The fraction of sp³-hybridized carbons (Fsp3) is 0.667.